The van der Waals surface area contributed by atoms with Gasteiger partial charge in [-0.25, -0.2) is 0 Å². The van der Waals surface area contributed by atoms with Gasteiger partial charge in [-0.15, -0.1) is 0 Å². The smallest absolute Gasteiger partial charge is 0.215 e. The highest BCUT2D eigenvalue weighted by molar-refractivity contribution is 5.63. The standard InChI is InChI=1S/C11H16N4O/c1-3-15(8-4-7-12)11-9(13)5-6-10(14-11)16-2/h5-6H,3-4,8,13H2,1-2H3. The van der Waals surface area contributed by atoms with Crippen LogP contribution in [-0.4, -0.2) is 25.2 Å². The molecule has 0 aliphatic rings. The number of hydrogen-bond acceptors (Lipinski definition) is 5. The maximum absolute atomic E-state index is 8.57. The van der Waals surface area contributed by atoms with Crippen LogP contribution in [0.15, 0.2) is 12.1 Å². The summed E-state index contributed by atoms with van der Waals surface area (Å²) < 4.78 is 5.05. The van der Waals surface area contributed by atoms with Crippen molar-refractivity contribution in [1.29, 1.82) is 5.26 Å². The number of nitrogens with zero attached hydrogens (tertiary/aromatic N) is 3. The Morgan fingerprint density at radius 1 is 1.56 bits per heavy atom. The van der Waals surface area contributed by atoms with Gasteiger partial charge in [0.05, 0.1) is 25.3 Å². The molecule has 1 heterocycles. The Morgan fingerprint density at radius 2 is 2.31 bits per heavy atom. The van der Waals surface area contributed by atoms with Crippen LogP contribution in [0.5, 0.6) is 5.88 Å². The summed E-state index contributed by atoms with van der Waals surface area (Å²) in [7, 11) is 1.56. The number of ether oxygens (including phenoxy) is 1. The van der Waals surface area contributed by atoms with Crippen molar-refractivity contribution < 1.29 is 4.74 Å². The minimum Gasteiger partial charge on any atom is -0.481 e. The van der Waals surface area contributed by atoms with Crippen molar-refractivity contribution in [3.8, 4) is 11.9 Å². The lowest BCUT2D eigenvalue weighted by atomic mass is 10.3. The number of methoxy groups -OCH3 is 1. The third-order valence-electron chi connectivity index (χ3n) is 2.26. The van der Waals surface area contributed by atoms with Crippen molar-refractivity contribution in [2.75, 3.05) is 30.8 Å². The summed E-state index contributed by atoms with van der Waals surface area (Å²) in [4.78, 5) is 6.24. The number of hydrogen-bond donors (Lipinski definition) is 1. The van der Waals surface area contributed by atoms with E-state index in [1.165, 1.54) is 0 Å². The van der Waals surface area contributed by atoms with Crippen molar-refractivity contribution in [3.05, 3.63) is 12.1 Å². The van der Waals surface area contributed by atoms with Crippen LogP contribution in [0.2, 0.25) is 0 Å². The van der Waals surface area contributed by atoms with Crippen LogP contribution in [0.25, 0.3) is 0 Å². The third-order valence-corrected chi connectivity index (χ3v) is 2.26. The van der Waals surface area contributed by atoms with Crippen LogP contribution >= 0.6 is 0 Å². The molecule has 0 aliphatic carbocycles. The second-order valence-electron chi connectivity index (χ2n) is 3.25. The average Bonchev–Trinajstić information content (AvgIpc) is 2.32. The monoisotopic (exact) mass is 220 g/mol. The van der Waals surface area contributed by atoms with Gasteiger partial charge in [-0.3, -0.25) is 0 Å². The van der Waals surface area contributed by atoms with Crippen molar-refractivity contribution in [1.82, 2.24) is 4.98 Å². The number of nitrogens with two attached hydrogens (primary N) is 1. The van der Waals surface area contributed by atoms with Crippen LogP contribution in [0.3, 0.4) is 0 Å². The fourth-order valence-corrected chi connectivity index (χ4v) is 1.41. The predicted molar refractivity (Wildman–Crippen MR) is 63.3 cm³/mol. The van der Waals surface area contributed by atoms with E-state index in [0.29, 0.717) is 30.4 Å². The van der Waals surface area contributed by atoms with Crippen molar-refractivity contribution >= 4 is 11.5 Å². The first-order valence-electron chi connectivity index (χ1n) is 5.15. The van der Waals surface area contributed by atoms with Gasteiger partial charge in [-0.1, -0.05) is 0 Å². The zero-order chi connectivity index (χ0) is 12.0. The van der Waals surface area contributed by atoms with E-state index in [1.54, 1.807) is 19.2 Å². The molecule has 0 spiro atoms. The summed E-state index contributed by atoms with van der Waals surface area (Å²) in [6, 6.07) is 5.59. The van der Waals surface area contributed by atoms with E-state index in [0.717, 1.165) is 6.54 Å². The molecular formula is C11H16N4O. The Bertz CT molecular complexity index is 386. The summed E-state index contributed by atoms with van der Waals surface area (Å²) in [5.74, 6) is 1.21. The highest BCUT2D eigenvalue weighted by atomic mass is 16.5. The van der Waals surface area contributed by atoms with Crippen molar-refractivity contribution in [2.45, 2.75) is 13.3 Å². The summed E-state index contributed by atoms with van der Waals surface area (Å²) in [5, 5.41) is 8.57. The lowest BCUT2D eigenvalue weighted by Gasteiger charge is -2.22. The molecule has 0 aromatic carbocycles. The SMILES string of the molecule is CCN(CCC#N)c1nc(OC)ccc1N. The van der Waals surface area contributed by atoms with Gasteiger partial charge in [0.15, 0.2) is 5.82 Å². The maximum Gasteiger partial charge on any atom is 0.215 e. The predicted octanol–water partition coefficient (Wildman–Crippen LogP) is 1.41. The van der Waals surface area contributed by atoms with E-state index in [2.05, 4.69) is 11.1 Å². The number of aromatic nitrogens is 1. The minimum absolute atomic E-state index is 0.451. The van der Waals surface area contributed by atoms with Gasteiger partial charge in [0.1, 0.15) is 0 Å². The van der Waals surface area contributed by atoms with Crippen LogP contribution in [0.4, 0.5) is 11.5 Å². The first-order chi connectivity index (χ1) is 7.72. The average molecular weight is 220 g/mol. The lowest BCUT2D eigenvalue weighted by Crippen LogP contribution is -2.25. The molecule has 0 unspecified atom stereocenters. The molecular weight excluding hydrogens is 204 g/mol. The Kier molecular flexibility index (Phi) is 4.40. The second-order valence-corrected chi connectivity index (χ2v) is 3.25. The van der Waals surface area contributed by atoms with Gasteiger partial charge in [0.2, 0.25) is 5.88 Å². The normalized spacial score (nSPS) is 9.56. The van der Waals surface area contributed by atoms with E-state index in [4.69, 9.17) is 15.7 Å². The fraction of sp³-hybridized carbons (Fsp3) is 0.455. The van der Waals surface area contributed by atoms with E-state index in [-0.39, 0.29) is 0 Å². The summed E-state index contributed by atoms with van der Waals surface area (Å²) in [6.07, 6.45) is 0.451. The van der Waals surface area contributed by atoms with E-state index in [9.17, 15) is 0 Å². The van der Waals surface area contributed by atoms with Crippen molar-refractivity contribution in [2.24, 2.45) is 0 Å². The number of nitriles is 1. The molecule has 1 aromatic rings. The van der Waals surface area contributed by atoms with Crippen LogP contribution in [0, 0.1) is 11.3 Å². The largest absolute Gasteiger partial charge is 0.481 e. The summed E-state index contributed by atoms with van der Waals surface area (Å²) >= 11 is 0. The zero-order valence-corrected chi connectivity index (χ0v) is 9.60. The van der Waals surface area contributed by atoms with Crippen molar-refractivity contribution in [3.63, 3.8) is 0 Å². The van der Waals surface area contributed by atoms with Gasteiger partial charge in [0, 0.05) is 19.2 Å². The van der Waals surface area contributed by atoms with E-state index in [1.807, 2.05) is 11.8 Å². The molecule has 0 radical (unpaired) electrons. The number of pyridine rings is 1. The summed E-state index contributed by atoms with van der Waals surface area (Å²) in [5.41, 5.74) is 6.45. The van der Waals surface area contributed by atoms with E-state index < -0.39 is 0 Å². The molecule has 16 heavy (non-hydrogen) atoms. The van der Waals surface area contributed by atoms with Gasteiger partial charge < -0.3 is 15.4 Å². The molecule has 0 saturated carbocycles. The highest BCUT2D eigenvalue weighted by Gasteiger charge is 2.10. The molecule has 1 aromatic heterocycles. The molecule has 86 valence electrons. The topological polar surface area (TPSA) is 75.2 Å². The molecule has 0 saturated heterocycles. The Morgan fingerprint density at radius 3 is 2.88 bits per heavy atom. The summed E-state index contributed by atoms with van der Waals surface area (Å²) in [6.45, 7) is 3.38. The quantitative estimate of drug-likeness (QED) is 0.812. The van der Waals surface area contributed by atoms with Crippen LogP contribution in [0.1, 0.15) is 13.3 Å². The molecule has 0 fully saturated rings. The third kappa shape index (κ3) is 2.76. The zero-order valence-electron chi connectivity index (χ0n) is 9.60. The Hall–Kier alpha value is -1.96. The number of rotatable bonds is 5. The molecule has 5 heteroatoms. The van der Waals surface area contributed by atoms with Gasteiger partial charge in [-0.2, -0.15) is 10.2 Å². The van der Waals surface area contributed by atoms with Gasteiger partial charge in [-0.05, 0) is 13.0 Å². The first kappa shape index (κ1) is 12.1. The Balaban J connectivity index is 2.94. The molecule has 5 nitrogen and oxygen atoms in total. The fourth-order valence-electron chi connectivity index (χ4n) is 1.41. The minimum atomic E-state index is 0.451. The molecule has 2 N–H and O–H groups in total. The highest BCUT2D eigenvalue weighted by Crippen LogP contribution is 2.23. The number of anilines is 2. The molecule has 0 aliphatic heterocycles. The first-order valence-corrected chi connectivity index (χ1v) is 5.15. The van der Waals surface area contributed by atoms with Gasteiger partial charge >= 0.3 is 0 Å². The molecule has 1 rings (SSSR count). The Labute approximate surface area is 95.4 Å². The number of nitrogen functional groups attached to an aromatic ring is 1. The van der Waals surface area contributed by atoms with Gasteiger partial charge in [0.25, 0.3) is 0 Å². The lowest BCUT2D eigenvalue weighted by molar-refractivity contribution is 0.398. The van der Waals surface area contributed by atoms with Crippen LogP contribution < -0.4 is 15.4 Å². The maximum atomic E-state index is 8.57. The second kappa shape index (κ2) is 5.81. The molecule has 0 amide bonds. The molecule has 0 bridgehead atoms. The molecule has 0 atom stereocenters. The van der Waals surface area contributed by atoms with Crippen LogP contribution in [-0.2, 0) is 0 Å². The van der Waals surface area contributed by atoms with E-state index >= 15 is 0 Å².